The summed E-state index contributed by atoms with van der Waals surface area (Å²) in [6.45, 7) is 3.03. The molecule has 5 rings (SSSR count). The molecule has 114 valence electrons. The van der Waals surface area contributed by atoms with Crippen molar-refractivity contribution in [3.05, 3.63) is 42.0 Å². The molecule has 1 aliphatic heterocycles. The Balaban J connectivity index is 1.90. The number of esters is 1. The Morgan fingerprint density at radius 3 is 2.68 bits per heavy atom. The molecule has 0 radical (unpaired) electrons. The molecule has 1 aromatic rings. The molecule has 1 amide bonds. The Labute approximate surface area is 129 Å². The van der Waals surface area contributed by atoms with Crippen LogP contribution >= 0.6 is 0 Å². The van der Waals surface area contributed by atoms with Crippen molar-refractivity contribution in [1.29, 1.82) is 0 Å². The quantitative estimate of drug-likeness (QED) is 0.591. The van der Waals surface area contributed by atoms with Crippen molar-refractivity contribution in [3.63, 3.8) is 0 Å². The SMILES string of the molecule is CC(=O)O[C@@]12C=C[C@@H](CC1)C1c3ccccc3N(C(C)=O)C12. The highest BCUT2D eigenvalue weighted by Crippen LogP contribution is 2.58. The topological polar surface area (TPSA) is 46.6 Å². The van der Waals surface area contributed by atoms with Crippen LogP contribution in [0.15, 0.2) is 36.4 Å². The van der Waals surface area contributed by atoms with Gasteiger partial charge in [0.1, 0.15) is 0 Å². The first-order valence-corrected chi connectivity index (χ1v) is 7.81. The smallest absolute Gasteiger partial charge is 0.303 e. The van der Waals surface area contributed by atoms with Crippen LogP contribution in [0.5, 0.6) is 0 Å². The zero-order chi connectivity index (χ0) is 15.5. The summed E-state index contributed by atoms with van der Waals surface area (Å²) in [5, 5.41) is 0. The third kappa shape index (κ3) is 1.64. The fourth-order valence-corrected chi connectivity index (χ4v) is 4.64. The fourth-order valence-electron chi connectivity index (χ4n) is 4.64. The Hall–Kier alpha value is -2.10. The van der Waals surface area contributed by atoms with E-state index in [1.165, 1.54) is 12.5 Å². The molecule has 0 aromatic heterocycles. The minimum absolute atomic E-state index is 0.00688. The summed E-state index contributed by atoms with van der Waals surface area (Å²) in [5.41, 5.74) is 1.49. The summed E-state index contributed by atoms with van der Waals surface area (Å²) in [4.78, 5) is 25.8. The Morgan fingerprint density at radius 1 is 1.27 bits per heavy atom. The molecular weight excluding hydrogens is 278 g/mol. The molecule has 3 aliphatic carbocycles. The number of amides is 1. The van der Waals surface area contributed by atoms with E-state index in [4.69, 9.17) is 4.74 Å². The summed E-state index contributed by atoms with van der Waals surface area (Å²) in [7, 11) is 0. The second-order valence-corrected chi connectivity index (χ2v) is 6.53. The largest absolute Gasteiger partial charge is 0.453 e. The summed E-state index contributed by atoms with van der Waals surface area (Å²) in [6.07, 6.45) is 5.97. The average Bonchev–Trinajstić information content (AvgIpc) is 2.85. The maximum atomic E-state index is 12.3. The van der Waals surface area contributed by atoms with Gasteiger partial charge in [-0.25, -0.2) is 0 Å². The Kier molecular flexibility index (Phi) is 2.74. The molecule has 4 heteroatoms. The maximum Gasteiger partial charge on any atom is 0.303 e. The molecule has 0 saturated heterocycles. The summed E-state index contributed by atoms with van der Waals surface area (Å²) >= 11 is 0. The van der Waals surface area contributed by atoms with Crippen LogP contribution in [0.2, 0.25) is 0 Å². The van der Waals surface area contributed by atoms with Crippen LogP contribution in [-0.4, -0.2) is 23.5 Å². The highest BCUT2D eigenvalue weighted by molar-refractivity contribution is 5.96. The van der Waals surface area contributed by atoms with Crippen LogP contribution in [0.25, 0.3) is 0 Å². The summed E-state index contributed by atoms with van der Waals surface area (Å²) < 4.78 is 5.77. The van der Waals surface area contributed by atoms with Crippen LogP contribution in [0.1, 0.15) is 38.2 Å². The van der Waals surface area contributed by atoms with E-state index >= 15 is 0 Å². The number of rotatable bonds is 1. The van der Waals surface area contributed by atoms with Gasteiger partial charge in [0.25, 0.3) is 0 Å². The van der Waals surface area contributed by atoms with Crippen molar-refractivity contribution in [2.45, 2.75) is 44.2 Å². The minimum atomic E-state index is -0.685. The molecule has 0 spiro atoms. The number of fused-ring (bicyclic) bond motifs is 2. The normalized spacial score (nSPS) is 34.3. The number of carbonyl (C=O) groups excluding carboxylic acids is 2. The number of benzene rings is 1. The van der Waals surface area contributed by atoms with Gasteiger partial charge < -0.3 is 9.64 Å². The predicted octanol–water partition coefficient (Wildman–Crippen LogP) is 2.79. The van der Waals surface area contributed by atoms with E-state index in [0.29, 0.717) is 5.92 Å². The van der Waals surface area contributed by atoms with E-state index in [9.17, 15) is 9.59 Å². The van der Waals surface area contributed by atoms with E-state index in [1.807, 2.05) is 29.2 Å². The number of anilines is 1. The van der Waals surface area contributed by atoms with Gasteiger partial charge in [-0.3, -0.25) is 9.59 Å². The first-order chi connectivity index (χ1) is 10.5. The van der Waals surface area contributed by atoms with Crippen LogP contribution in [0, 0.1) is 5.92 Å². The molecule has 4 atom stereocenters. The molecule has 2 bridgehead atoms. The molecule has 1 fully saturated rings. The van der Waals surface area contributed by atoms with Crippen molar-refractivity contribution in [2.75, 3.05) is 4.90 Å². The van der Waals surface area contributed by atoms with E-state index in [2.05, 4.69) is 12.1 Å². The van der Waals surface area contributed by atoms with Crippen molar-refractivity contribution >= 4 is 17.6 Å². The summed E-state index contributed by atoms with van der Waals surface area (Å²) in [5.74, 6) is 0.349. The second kappa shape index (κ2) is 4.45. The molecule has 1 heterocycles. The van der Waals surface area contributed by atoms with Gasteiger partial charge in [0, 0.05) is 25.5 Å². The Morgan fingerprint density at radius 2 is 2.05 bits per heavy atom. The fraction of sp³-hybridized carbons (Fsp3) is 0.444. The molecule has 0 N–H and O–H groups in total. The second-order valence-electron chi connectivity index (χ2n) is 6.53. The molecule has 2 unspecified atom stereocenters. The third-order valence-corrected chi connectivity index (χ3v) is 5.30. The minimum Gasteiger partial charge on any atom is -0.453 e. The lowest BCUT2D eigenvalue weighted by molar-refractivity contribution is -0.159. The highest BCUT2D eigenvalue weighted by Gasteiger charge is 2.60. The molecular formula is C18H19NO3. The lowest BCUT2D eigenvalue weighted by Gasteiger charge is -2.51. The molecule has 1 saturated carbocycles. The lowest BCUT2D eigenvalue weighted by atomic mass is 9.62. The van der Waals surface area contributed by atoms with Crippen LogP contribution in [0.4, 0.5) is 5.69 Å². The number of nitrogens with zero attached hydrogens (tertiary/aromatic N) is 1. The zero-order valence-corrected chi connectivity index (χ0v) is 12.8. The lowest BCUT2D eigenvalue weighted by Crippen LogP contribution is -2.61. The van der Waals surface area contributed by atoms with Gasteiger partial charge in [-0.2, -0.15) is 0 Å². The van der Waals surface area contributed by atoms with Gasteiger partial charge in [0.15, 0.2) is 5.60 Å². The highest BCUT2D eigenvalue weighted by atomic mass is 16.6. The molecule has 22 heavy (non-hydrogen) atoms. The number of carbonyl (C=O) groups is 2. The number of allylic oxidation sites excluding steroid dienone is 1. The van der Waals surface area contributed by atoms with Gasteiger partial charge in [0.2, 0.25) is 5.91 Å². The standard InChI is InChI=1S/C18H19NO3/c1-11(20)19-15-6-4-3-5-14(15)16-13-7-9-18(10-8-13,17(16)19)22-12(2)21/h3-7,9,13,16-17H,8,10H2,1-2H3/t13-,16?,17?,18-/m0/s1. The Bertz CT molecular complexity index is 695. The van der Waals surface area contributed by atoms with E-state index in [1.54, 1.807) is 6.92 Å². The van der Waals surface area contributed by atoms with Crippen LogP contribution in [0.3, 0.4) is 0 Å². The molecule has 4 nitrogen and oxygen atoms in total. The van der Waals surface area contributed by atoms with Crippen molar-refractivity contribution < 1.29 is 14.3 Å². The number of hydrogen-bond acceptors (Lipinski definition) is 3. The maximum absolute atomic E-state index is 12.3. The predicted molar refractivity (Wildman–Crippen MR) is 82.5 cm³/mol. The first-order valence-electron chi connectivity index (χ1n) is 7.81. The number of para-hydroxylation sites is 1. The van der Waals surface area contributed by atoms with Gasteiger partial charge in [-0.1, -0.05) is 24.3 Å². The number of hydrogen-bond donors (Lipinski definition) is 0. The van der Waals surface area contributed by atoms with Gasteiger partial charge in [-0.15, -0.1) is 0 Å². The van der Waals surface area contributed by atoms with Gasteiger partial charge in [0.05, 0.1) is 6.04 Å². The van der Waals surface area contributed by atoms with E-state index in [-0.39, 0.29) is 23.8 Å². The average molecular weight is 297 g/mol. The van der Waals surface area contributed by atoms with Crippen LogP contribution < -0.4 is 4.90 Å². The monoisotopic (exact) mass is 297 g/mol. The van der Waals surface area contributed by atoms with Crippen molar-refractivity contribution in [1.82, 2.24) is 0 Å². The van der Waals surface area contributed by atoms with Crippen molar-refractivity contribution in [3.8, 4) is 0 Å². The van der Waals surface area contributed by atoms with E-state index < -0.39 is 5.60 Å². The summed E-state index contributed by atoms with van der Waals surface area (Å²) in [6, 6.07) is 7.96. The van der Waals surface area contributed by atoms with Gasteiger partial charge in [-0.05, 0) is 36.5 Å². The van der Waals surface area contributed by atoms with Gasteiger partial charge >= 0.3 is 5.97 Å². The first kappa shape index (κ1) is 13.6. The zero-order valence-electron chi connectivity index (χ0n) is 12.8. The van der Waals surface area contributed by atoms with E-state index in [0.717, 1.165) is 18.5 Å². The molecule has 1 aromatic carbocycles. The van der Waals surface area contributed by atoms with Crippen LogP contribution in [-0.2, 0) is 14.3 Å². The van der Waals surface area contributed by atoms with Crippen molar-refractivity contribution in [2.24, 2.45) is 5.92 Å². The third-order valence-electron chi connectivity index (χ3n) is 5.30. The molecule has 4 aliphatic rings. The number of ether oxygens (including phenoxy) is 1.